The second-order valence-corrected chi connectivity index (χ2v) is 7.48. The third-order valence-corrected chi connectivity index (χ3v) is 4.85. The summed E-state index contributed by atoms with van der Waals surface area (Å²) in [7, 11) is 0. The van der Waals surface area contributed by atoms with Crippen molar-refractivity contribution in [2.45, 2.75) is 25.8 Å². The van der Waals surface area contributed by atoms with Gasteiger partial charge in [-0.3, -0.25) is 9.59 Å². The number of carbonyl (C=O) groups excluding carboxylic acids is 2. The first-order valence-corrected chi connectivity index (χ1v) is 10.1. The molecule has 162 valence electrons. The SMILES string of the molecule is CC(NC(=O)COC(=O)CCc1nc(-c2ccc(F)cc2)no1)c1ccc(Cl)cc1Cl. The van der Waals surface area contributed by atoms with Gasteiger partial charge < -0.3 is 14.6 Å². The molecule has 1 heterocycles. The van der Waals surface area contributed by atoms with Gasteiger partial charge in [-0.05, 0) is 48.9 Å². The standard InChI is InChI=1S/C21H18Cl2FN3O4/c1-12(16-7-4-14(22)10-17(16)23)25-18(28)11-30-20(29)9-8-19-26-21(27-31-19)13-2-5-15(24)6-3-13/h2-7,10,12H,8-9,11H2,1H3,(H,25,28). The van der Waals surface area contributed by atoms with E-state index in [0.717, 1.165) is 0 Å². The van der Waals surface area contributed by atoms with Crippen LogP contribution >= 0.6 is 23.2 Å². The van der Waals surface area contributed by atoms with Crippen molar-refractivity contribution in [3.8, 4) is 11.4 Å². The lowest BCUT2D eigenvalue weighted by atomic mass is 10.1. The number of amides is 1. The highest BCUT2D eigenvalue weighted by Gasteiger charge is 2.16. The van der Waals surface area contributed by atoms with Crippen LogP contribution in [0.2, 0.25) is 10.0 Å². The topological polar surface area (TPSA) is 94.3 Å². The summed E-state index contributed by atoms with van der Waals surface area (Å²) in [6, 6.07) is 10.2. The number of carbonyl (C=O) groups is 2. The summed E-state index contributed by atoms with van der Waals surface area (Å²) in [4.78, 5) is 28.1. The van der Waals surface area contributed by atoms with Crippen LogP contribution in [0.3, 0.4) is 0 Å². The normalized spacial score (nSPS) is 11.7. The van der Waals surface area contributed by atoms with Crippen molar-refractivity contribution in [2.75, 3.05) is 6.61 Å². The molecule has 0 bridgehead atoms. The molecule has 3 rings (SSSR count). The Hall–Kier alpha value is -2.97. The van der Waals surface area contributed by atoms with E-state index in [1.54, 1.807) is 25.1 Å². The van der Waals surface area contributed by atoms with E-state index in [1.807, 2.05) is 0 Å². The molecule has 1 aromatic heterocycles. The van der Waals surface area contributed by atoms with Crippen LogP contribution in [-0.2, 0) is 20.7 Å². The van der Waals surface area contributed by atoms with Gasteiger partial charge in [0, 0.05) is 22.0 Å². The highest BCUT2D eigenvalue weighted by atomic mass is 35.5. The smallest absolute Gasteiger partial charge is 0.306 e. The van der Waals surface area contributed by atoms with E-state index in [1.165, 1.54) is 24.3 Å². The van der Waals surface area contributed by atoms with Gasteiger partial charge in [0.2, 0.25) is 11.7 Å². The molecule has 1 N–H and O–H groups in total. The van der Waals surface area contributed by atoms with E-state index < -0.39 is 18.5 Å². The summed E-state index contributed by atoms with van der Waals surface area (Å²) < 4.78 is 23.0. The van der Waals surface area contributed by atoms with Crippen LogP contribution in [0, 0.1) is 5.82 Å². The number of nitrogens with zero attached hydrogens (tertiary/aromatic N) is 2. The van der Waals surface area contributed by atoms with Crippen LogP contribution in [0.4, 0.5) is 4.39 Å². The molecule has 3 aromatic rings. The van der Waals surface area contributed by atoms with E-state index in [9.17, 15) is 14.0 Å². The van der Waals surface area contributed by atoms with Crippen molar-refractivity contribution in [1.82, 2.24) is 15.5 Å². The summed E-state index contributed by atoms with van der Waals surface area (Å²) in [5.41, 5.74) is 1.28. The lowest BCUT2D eigenvalue weighted by Gasteiger charge is -2.16. The third kappa shape index (κ3) is 6.50. The fraction of sp³-hybridized carbons (Fsp3) is 0.238. The fourth-order valence-electron chi connectivity index (χ4n) is 2.71. The summed E-state index contributed by atoms with van der Waals surface area (Å²) in [5.74, 6) is -0.911. The summed E-state index contributed by atoms with van der Waals surface area (Å²) in [6.07, 6.45) is 0.0995. The quantitative estimate of drug-likeness (QED) is 0.490. The molecule has 0 radical (unpaired) electrons. The van der Waals surface area contributed by atoms with Crippen molar-refractivity contribution in [2.24, 2.45) is 0 Å². The summed E-state index contributed by atoms with van der Waals surface area (Å²) >= 11 is 12.0. The number of aromatic nitrogens is 2. The second-order valence-electron chi connectivity index (χ2n) is 6.63. The Morgan fingerprint density at radius 3 is 2.65 bits per heavy atom. The van der Waals surface area contributed by atoms with E-state index in [-0.39, 0.29) is 36.4 Å². The first kappa shape index (κ1) is 22.7. The zero-order valence-electron chi connectivity index (χ0n) is 16.4. The van der Waals surface area contributed by atoms with Gasteiger partial charge in [0.25, 0.3) is 5.91 Å². The Morgan fingerprint density at radius 2 is 1.94 bits per heavy atom. The zero-order chi connectivity index (χ0) is 22.4. The number of rotatable bonds is 8. The van der Waals surface area contributed by atoms with Crippen molar-refractivity contribution >= 4 is 35.1 Å². The Labute approximate surface area is 187 Å². The van der Waals surface area contributed by atoms with Crippen molar-refractivity contribution in [3.63, 3.8) is 0 Å². The Bertz CT molecular complexity index is 1070. The van der Waals surface area contributed by atoms with Gasteiger partial charge in [-0.15, -0.1) is 0 Å². The number of aryl methyl sites for hydroxylation is 1. The predicted molar refractivity (Wildman–Crippen MR) is 112 cm³/mol. The van der Waals surface area contributed by atoms with E-state index in [0.29, 0.717) is 21.2 Å². The average molecular weight is 466 g/mol. The first-order chi connectivity index (χ1) is 14.8. The molecule has 7 nitrogen and oxygen atoms in total. The van der Waals surface area contributed by atoms with Crippen LogP contribution < -0.4 is 5.32 Å². The van der Waals surface area contributed by atoms with E-state index in [2.05, 4.69) is 15.5 Å². The highest BCUT2D eigenvalue weighted by molar-refractivity contribution is 6.35. The van der Waals surface area contributed by atoms with Gasteiger partial charge in [0.1, 0.15) is 5.82 Å². The number of ether oxygens (including phenoxy) is 1. The molecule has 1 atom stereocenters. The van der Waals surface area contributed by atoms with E-state index >= 15 is 0 Å². The number of hydrogen-bond acceptors (Lipinski definition) is 6. The molecule has 0 aliphatic rings. The minimum Gasteiger partial charge on any atom is -0.456 e. The van der Waals surface area contributed by atoms with Crippen LogP contribution in [-0.4, -0.2) is 28.6 Å². The molecule has 0 aliphatic carbocycles. The number of benzene rings is 2. The zero-order valence-corrected chi connectivity index (χ0v) is 17.9. The third-order valence-electron chi connectivity index (χ3n) is 4.28. The van der Waals surface area contributed by atoms with Gasteiger partial charge in [-0.1, -0.05) is 34.4 Å². The number of esters is 1. The average Bonchev–Trinajstić information content (AvgIpc) is 3.20. The molecular weight excluding hydrogens is 448 g/mol. The Balaban J connectivity index is 1.43. The van der Waals surface area contributed by atoms with Gasteiger partial charge in [0.05, 0.1) is 12.5 Å². The molecule has 0 aliphatic heterocycles. The van der Waals surface area contributed by atoms with Gasteiger partial charge in [-0.2, -0.15) is 4.98 Å². The Morgan fingerprint density at radius 1 is 1.19 bits per heavy atom. The summed E-state index contributed by atoms with van der Waals surface area (Å²) in [6.45, 7) is 1.32. The van der Waals surface area contributed by atoms with Gasteiger partial charge >= 0.3 is 5.97 Å². The molecule has 2 aromatic carbocycles. The number of nitrogens with one attached hydrogen (secondary N) is 1. The Kier molecular flexibility index (Phi) is 7.59. The molecule has 0 saturated heterocycles. The maximum atomic E-state index is 13.0. The lowest BCUT2D eigenvalue weighted by molar-refractivity contribution is -0.148. The largest absolute Gasteiger partial charge is 0.456 e. The minimum absolute atomic E-state index is 0.0447. The molecule has 1 amide bonds. The lowest BCUT2D eigenvalue weighted by Crippen LogP contribution is -2.31. The van der Waals surface area contributed by atoms with E-state index in [4.69, 9.17) is 32.5 Å². The molecule has 0 fully saturated rings. The first-order valence-electron chi connectivity index (χ1n) is 9.30. The maximum Gasteiger partial charge on any atom is 0.306 e. The maximum absolute atomic E-state index is 13.0. The predicted octanol–water partition coefficient (Wildman–Crippen LogP) is 4.54. The number of halogens is 3. The minimum atomic E-state index is -0.589. The molecule has 10 heteroatoms. The molecule has 1 unspecified atom stereocenters. The van der Waals surface area contributed by atoms with Crippen molar-refractivity contribution in [3.05, 3.63) is 69.8 Å². The van der Waals surface area contributed by atoms with Crippen molar-refractivity contribution < 1.29 is 23.2 Å². The molecule has 31 heavy (non-hydrogen) atoms. The van der Waals surface area contributed by atoms with Crippen LogP contribution in [0.25, 0.3) is 11.4 Å². The molecular formula is C21H18Cl2FN3O4. The molecule has 0 saturated carbocycles. The highest BCUT2D eigenvalue weighted by Crippen LogP contribution is 2.26. The van der Waals surface area contributed by atoms with Gasteiger partial charge in [0.15, 0.2) is 6.61 Å². The summed E-state index contributed by atoms with van der Waals surface area (Å²) in [5, 5.41) is 7.42. The van der Waals surface area contributed by atoms with Crippen molar-refractivity contribution in [1.29, 1.82) is 0 Å². The van der Waals surface area contributed by atoms with Crippen LogP contribution in [0.5, 0.6) is 0 Å². The second kappa shape index (κ2) is 10.4. The number of hydrogen-bond donors (Lipinski definition) is 1. The molecule has 0 spiro atoms. The monoisotopic (exact) mass is 465 g/mol. The van der Waals surface area contributed by atoms with Crippen LogP contribution in [0.15, 0.2) is 47.0 Å². The fourth-order valence-corrected chi connectivity index (χ4v) is 3.29. The van der Waals surface area contributed by atoms with Gasteiger partial charge in [-0.25, -0.2) is 4.39 Å². The van der Waals surface area contributed by atoms with Crippen LogP contribution in [0.1, 0.15) is 30.8 Å².